The Balaban J connectivity index is 1.49. The number of hydrogen-bond acceptors (Lipinski definition) is 4. The summed E-state index contributed by atoms with van der Waals surface area (Å²) in [6.45, 7) is 0. The average Bonchev–Trinajstić information content (AvgIpc) is 3.37. The highest BCUT2D eigenvalue weighted by molar-refractivity contribution is 6.03. The molecule has 3 heterocycles. The summed E-state index contributed by atoms with van der Waals surface area (Å²) in [5, 5.41) is 11.9. The van der Waals surface area contributed by atoms with Crippen molar-refractivity contribution in [3.8, 4) is 22.5 Å². The van der Waals surface area contributed by atoms with Gasteiger partial charge in [0.15, 0.2) is 11.5 Å². The number of nitrogens with one attached hydrogen (secondary N) is 1. The topological polar surface area (TPSA) is 77.1 Å². The van der Waals surface area contributed by atoms with Crippen molar-refractivity contribution in [3.63, 3.8) is 0 Å². The van der Waals surface area contributed by atoms with Crippen LogP contribution in [0.1, 0.15) is 10.4 Å². The Morgan fingerprint density at radius 2 is 1.71 bits per heavy atom. The molecule has 0 spiro atoms. The lowest BCUT2D eigenvalue weighted by molar-refractivity contribution is 0.102. The van der Waals surface area contributed by atoms with Gasteiger partial charge in [-0.2, -0.15) is 10.2 Å². The Morgan fingerprint density at radius 1 is 0.935 bits per heavy atom. The fraction of sp³-hybridized carbons (Fsp3) is 0.0435. The second-order valence-electron chi connectivity index (χ2n) is 7.04. The van der Waals surface area contributed by atoms with Crippen molar-refractivity contribution >= 4 is 17.4 Å². The lowest BCUT2D eigenvalue weighted by Crippen LogP contribution is -2.11. The molecule has 152 valence electrons. The minimum atomic E-state index is -0.302. The smallest absolute Gasteiger partial charge is 0.256 e. The van der Waals surface area contributed by atoms with Crippen LogP contribution in [-0.4, -0.2) is 30.3 Å². The minimum Gasteiger partial charge on any atom is -0.305 e. The molecule has 0 saturated heterocycles. The van der Waals surface area contributed by atoms with Crippen molar-refractivity contribution in [2.45, 2.75) is 0 Å². The number of aryl methyl sites for hydroxylation is 1. The summed E-state index contributed by atoms with van der Waals surface area (Å²) in [7, 11) is 1.82. The SMILES string of the molecule is Cn1cc(-c2ccc3nc(NC(=O)c4ccccc4)cn3n2)c(-c2ccc(F)cc2)n1. The first-order valence-corrected chi connectivity index (χ1v) is 9.59. The molecule has 1 amide bonds. The van der Waals surface area contributed by atoms with E-state index in [0.717, 1.165) is 11.1 Å². The second-order valence-corrected chi connectivity index (χ2v) is 7.04. The first-order chi connectivity index (χ1) is 15.1. The molecule has 0 unspecified atom stereocenters. The van der Waals surface area contributed by atoms with Gasteiger partial charge in [0.1, 0.15) is 11.5 Å². The summed E-state index contributed by atoms with van der Waals surface area (Å²) < 4.78 is 16.6. The number of fused-ring (bicyclic) bond motifs is 1. The number of anilines is 1. The third-order valence-corrected chi connectivity index (χ3v) is 4.82. The lowest BCUT2D eigenvalue weighted by Gasteiger charge is -2.03. The summed E-state index contributed by atoms with van der Waals surface area (Å²) >= 11 is 0. The highest BCUT2D eigenvalue weighted by atomic mass is 19.1. The maximum absolute atomic E-state index is 13.3. The summed E-state index contributed by atoms with van der Waals surface area (Å²) in [6, 6.07) is 18.8. The molecular formula is C23H17FN6O. The number of hydrogen-bond donors (Lipinski definition) is 1. The van der Waals surface area contributed by atoms with Gasteiger partial charge in [-0.3, -0.25) is 9.48 Å². The fourth-order valence-corrected chi connectivity index (χ4v) is 3.36. The molecular weight excluding hydrogens is 395 g/mol. The van der Waals surface area contributed by atoms with Gasteiger partial charge in [0, 0.05) is 29.9 Å². The predicted octanol–water partition coefficient (Wildman–Crippen LogP) is 4.19. The van der Waals surface area contributed by atoms with Gasteiger partial charge in [0.2, 0.25) is 0 Å². The Kier molecular flexibility index (Phi) is 4.51. The molecule has 0 bridgehead atoms. The van der Waals surface area contributed by atoms with E-state index in [9.17, 15) is 9.18 Å². The Labute approximate surface area is 176 Å². The van der Waals surface area contributed by atoms with Crippen molar-refractivity contribution in [1.82, 2.24) is 24.4 Å². The quantitative estimate of drug-likeness (QED) is 0.480. The van der Waals surface area contributed by atoms with E-state index in [4.69, 9.17) is 0 Å². The van der Waals surface area contributed by atoms with Crippen LogP contribution >= 0.6 is 0 Å². The molecule has 0 saturated carbocycles. The van der Waals surface area contributed by atoms with Crippen LogP contribution in [0.4, 0.5) is 10.2 Å². The number of carbonyl (C=O) groups excluding carboxylic acids is 1. The van der Waals surface area contributed by atoms with Crippen molar-refractivity contribution in [2.75, 3.05) is 5.32 Å². The van der Waals surface area contributed by atoms with Crippen molar-refractivity contribution < 1.29 is 9.18 Å². The number of amides is 1. The van der Waals surface area contributed by atoms with E-state index in [1.165, 1.54) is 12.1 Å². The number of benzene rings is 2. The van der Waals surface area contributed by atoms with Crippen LogP contribution in [-0.2, 0) is 7.05 Å². The zero-order chi connectivity index (χ0) is 21.4. The van der Waals surface area contributed by atoms with Gasteiger partial charge in [-0.25, -0.2) is 13.9 Å². The van der Waals surface area contributed by atoms with Crippen LogP contribution in [0.15, 0.2) is 79.1 Å². The molecule has 2 aromatic carbocycles. The summed E-state index contributed by atoms with van der Waals surface area (Å²) in [6.07, 6.45) is 3.52. The van der Waals surface area contributed by atoms with E-state index in [-0.39, 0.29) is 11.7 Å². The first kappa shape index (κ1) is 18.7. The molecule has 1 N–H and O–H groups in total. The van der Waals surface area contributed by atoms with Gasteiger partial charge < -0.3 is 5.32 Å². The number of imidazole rings is 1. The molecule has 31 heavy (non-hydrogen) atoms. The zero-order valence-electron chi connectivity index (χ0n) is 16.5. The third-order valence-electron chi connectivity index (χ3n) is 4.82. The van der Waals surface area contributed by atoms with Crippen molar-refractivity contribution in [1.29, 1.82) is 0 Å². The molecule has 0 aliphatic carbocycles. The van der Waals surface area contributed by atoms with Gasteiger partial charge in [0.25, 0.3) is 5.91 Å². The predicted molar refractivity (Wildman–Crippen MR) is 115 cm³/mol. The monoisotopic (exact) mass is 412 g/mol. The first-order valence-electron chi connectivity index (χ1n) is 9.59. The maximum atomic E-state index is 13.3. The van der Waals surface area contributed by atoms with E-state index in [2.05, 4.69) is 20.5 Å². The van der Waals surface area contributed by atoms with Crippen molar-refractivity contribution in [2.24, 2.45) is 7.05 Å². The Morgan fingerprint density at radius 3 is 2.48 bits per heavy atom. The van der Waals surface area contributed by atoms with Crippen LogP contribution in [0.2, 0.25) is 0 Å². The number of aromatic nitrogens is 5. The Bertz CT molecular complexity index is 1390. The van der Waals surface area contributed by atoms with E-state index in [1.54, 1.807) is 51.8 Å². The van der Waals surface area contributed by atoms with Gasteiger partial charge in [0.05, 0.1) is 11.9 Å². The van der Waals surface area contributed by atoms with Gasteiger partial charge >= 0.3 is 0 Å². The van der Waals surface area contributed by atoms with Gasteiger partial charge in [-0.15, -0.1) is 0 Å². The molecule has 0 radical (unpaired) electrons. The molecule has 0 fully saturated rings. The lowest BCUT2D eigenvalue weighted by atomic mass is 10.1. The number of carbonyl (C=O) groups is 1. The maximum Gasteiger partial charge on any atom is 0.256 e. The molecule has 5 aromatic rings. The van der Waals surface area contributed by atoms with E-state index in [0.29, 0.717) is 28.4 Å². The molecule has 8 heteroatoms. The van der Waals surface area contributed by atoms with Crippen LogP contribution in [0.25, 0.3) is 28.2 Å². The normalized spacial score (nSPS) is 11.0. The number of rotatable bonds is 4. The highest BCUT2D eigenvalue weighted by Crippen LogP contribution is 2.30. The summed E-state index contributed by atoms with van der Waals surface area (Å²) in [4.78, 5) is 16.8. The zero-order valence-corrected chi connectivity index (χ0v) is 16.5. The summed E-state index contributed by atoms with van der Waals surface area (Å²) in [5.41, 5.74) is 4.12. The van der Waals surface area contributed by atoms with Crippen LogP contribution < -0.4 is 5.32 Å². The molecule has 0 aliphatic heterocycles. The van der Waals surface area contributed by atoms with Crippen LogP contribution in [0.3, 0.4) is 0 Å². The van der Waals surface area contributed by atoms with E-state index in [1.807, 2.05) is 31.4 Å². The highest BCUT2D eigenvalue weighted by Gasteiger charge is 2.15. The molecule has 5 rings (SSSR count). The molecule has 0 aliphatic rings. The molecule has 3 aromatic heterocycles. The van der Waals surface area contributed by atoms with E-state index >= 15 is 0 Å². The fourth-order valence-electron chi connectivity index (χ4n) is 3.36. The van der Waals surface area contributed by atoms with Gasteiger partial charge in [-0.05, 0) is 48.5 Å². The average molecular weight is 412 g/mol. The van der Waals surface area contributed by atoms with Crippen molar-refractivity contribution in [3.05, 3.63) is 90.5 Å². The van der Waals surface area contributed by atoms with Gasteiger partial charge in [-0.1, -0.05) is 18.2 Å². The molecule has 0 atom stereocenters. The minimum absolute atomic E-state index is 0.241. The summed E-state index contributed by atoms with van der Waals surface area (Å²) in [5.74, 6) is -0.136. The number of nitrogens with zero attached hydrogens (tertiary/aromatic N) is 5. The Hall–Kier alpha value is -4.33. The standard InChI is InChI=1S/C23H17FN6O/c1-29-13-18(22(28-29)15-7-9-17(24)10-8-15)19-11-12-21-25-20(14-30(21)27-19)26-23(31)16-5-3-2-4-6-16/h2-14H,1H3,(H,26,31). The van der Waals surface area contributed by atoms with Crippen LogP contribution in [0.5, 0.6) is 0 Å². The second kappa shape index (κ2) is 7.49. The van der Waals surface area contributed by atoms with E-state index < -0.39 is 0 Å². The number of halogens is 1. The third kappa shape index (κ3) is 3.66. The molecule has 7 nitrogen and oxygen atoms in total. The van der Waals surface area contributed by atoms with Crippen LogP contribution in [0, 0.1) is 5.82 Å². The largest absolute Gasteiger partial charge is 0.305 e.